The first-order valence-corrected chi connectivity index (χ1v) is 10.1. The number of aromatic hydroxyl groups is 1. The van der Waals surface area contributed by atoms with Crippen LogP contribution in [-0.4, -0.2) is 29.9 Å². The highest BCUT2D eigenvalue weighted by Crippen LogP contribution is 2.42. The summed E-state index contributed by atoms with van der Waals surface area (Å²) in [6.07, 6.45) is 1.69. The molecule has 0 aliphatic carbocycles. The number of hydrogen-bond donors (Lipinski definition) is 1. The number of carbonyl (C=O) groups is 1. The molecule has 158 valence electrons. The lowest BCUT2D eigenvalue weighted by atomic mass is 9.99. The summed E-state index contributed by atoms with van der Waals surface area (Å²) in [4.78, 5) is 15.2. The number of hydrogen-bond acceptors (Lipinski definition) is 5. The average molecular weight is 415 g/mol. The van der Waals surface area contributed by atoms with Gasteiger partial charge in [-0.3, -0.25) is 9.69 Å². The Labute approximate surface area is 182 Å². The minimum Gasteiger partial charge on any atom is -0.507 e. The van der Waals surface area contributed by atoms with Gasteiger partial charge in [-0.05, 0) is 43.3 Å². The number of benzene rings is 3. The summed E-state index contributed by atoms with van der Waals surface area (Å²) in [6.45, 7) is 2.96. The van der Waals surface area contributed by atoms with Crippen LogP contribution in [0.5, 0.6) is 17.2 Å². The molecule has 0 unspecified atom stereocenters. The van der Waals surface area contributed by atoms with E-state index in [9.17, 15) is 9.90 Å². The zero-order valence-corrected chi connectivity index (χ0v) is 17.9. The number of para-hydroxylation sites is 1. The molecule has 3 aromatic rings. The smallest absolute Gasteiger partial charge is 0.232 e. The summed E-state index contributed by atoms with van der Waals surface area (Å²) in [5.74, 6) is 1.25. The lowest BCUT2D eigenvalue weighted by molar-refractivity contribution is 0.101. The molecule has 5 heteroatoms. The highest BCUT2D eigenvalue weighted by molar-refractivity contribution is 6.16. The number of phenols is 1. The number of ether oxygens (including phenoxy) is 2. The molecule has 0 saturated carbocycles. The average Bonchev–Trinajstić information content (AvgIpc) is 3.08. The molecule has 31 heavy (non-hydrogen) atoms. The number of allylic oxidation sites excluding steroid dienone is 1. The molecule has 3 aromatic carbocycles. The van der Waals surface area contributed by atoms with Gasteiger partial charge in [-0.1, -0.05) is 48.5 Å². The molecule has 0 spiro atoms. The van der Waals surface area contributed by atoms with Crippen LogP contribution in [0.2, 0.25) is 0 Å². The summed E-state index contributed by atoms with van der Waals surface area (Å²) in [5, 5.41) is 10.7. The van der Waals surface area contributed by atoms with Gasteiger partial charge in [0.2, 0.25) is 5.78 Å². The lowest BCUT2D eigenvalue weighted by Gasteiger charge is -2.19. The van der Waals surface area contributed by atoms with Crippen molar-refractivity contribution in [3.8, 4) is 17.2 Å². The molecule has 0 amide bonds. The molecule has 1 aliphatic rings. The molecule has 0 bridgehead atoms. The number of ketones is 1. The minimum absolute atomic E-state index is 0.127. The fourth-order valence-corrected chi connectivity index (χ4v) is 3.88. The van der Waals surface area contributed by atoms with Crippen LogP contribution in [0, 0.1) is 6.92 Å². The molecule has 1 aliphatic heterocycles. The Morgan fingerprint density at radius 1 is 1.06 bits per heavy atom. The first-order valence-electron chi connectivity index (χ1n) is 10.1. The molecule has 0 radical (unpaired) electrons. The maximum Gasteiger partial charge on any atom is 0.232 e. The Kier molecular flexibility index (Phi) is 5.78. The van der Waals surface area contributed by atoms with Crippen LogP contribution in [0.4, 0.5) is 0 Å². The van der Waals surface area contributed by atoms with Crippen molar-refractivity contribution in [2.45, 2.75) is 20.0 Å². The quantitative estimate of drug-likeness (QED) is 0.577. The number of nitrogens with zero attached hydrogens (tertiary/aromatic N) is 1. The van der Waals surface area contributed by atoms with Crippen LogP contribution in [0.3, 0.4) is 0 Å². The first kappa shape index (κ1) is 20.7. The predicted molar refractivity (Wildman–Crippen MR) is 120 cm³/mol. The summed E-state index contributed by atoms with van der Waals surface area (Å²) in [5.41, 5.74) is 3.72. The molecular formula is C26H25NO4. The van der Waals surface area contributed by atoms with Gasteiger partial charge in [0.1, 0.15) is 17.2 Å². The topological polar surface area (TPSA) is 59.0 Å². The number of aryl methyl sites for hydroxylation is 1. The van der Waals surface area contributed by atoms with Crippen molar-refractivity contribution in [2.75, 3.05) is 14.2 Å². The Hall–Kier alpha value is -3.57. The zero-order valence-electron chi connectivity index (χ0n) is 17.9. The third-order valence-electron chi connectivity index (χ3n) is 5.37. The Bertz CT molecular complexity index is 1150. The molecule has 1 N–H and O–H groups in total. The Morgan fingerprint density at radius 3 is 2.52 bits per heavy atom. The number of methoxy groups -OCH3 is 1. The molecular weight excluding hydrogens is 390 g/mol. The van der Waals surface area contributed by atoms with Crippen molar-refractivity contribution < 1.29 is 19.4 Å². The maximum absolute atomic E-state index is 13.1. The van der Waals surface area contributed by atoms with Crippen LogP contribution >= 0.6 is 0 Å². The van der Waals surface area contributed by atoms with Gasteiger partial charge in [-0.25, -0.2) is 0 Å². The van der Waals surface area contributed by atoms with Gasteiger partial charge in [-0.15, -0.1) is 0 Å². The summed E-state index contributed by atoms with van der Waals surface area (Å²) < 4.78 is 11.4. The van der Waals surface area contributed by atoms with E-state index in [-0.39, 0.29) is 17.3 Å². The van der Waals surface area contributed by atoms with E-state index >= 15 is 0 Å². The molecule has 0 fully saturated rings. The van der Waals surface area contributed by atoms with E-state index in [0.29, 0.717) is 41.3 Å². The lowest BCUT2D eigenvalue weighted by Crippen LogP contribution is -2.17. The van der Waals surface area contributed by atoms with E-state index in [1.165, 1.54) is 5.56 Å². The number of rotatable bonds is 6. The van der Waals surface area contributed by atoms with Gasteiger partial charge in [-0.2, -0.15) is 0 Å². The minimum atomic E-state index is -0.189. The number of Topliss-reactive ketones (excluding diaryl/α,β-unsaturated/α-hetero) is 1. The van der Waals surface area contributed by atoms with Gasteiger partial charge >= 0.3 is 0 Å². The van der Waals surface area contributed by atoms with Crippen LogP contribution < -0.4 is 9.47 Å². The van der Waals surface area contributed by atoms with E-state index in [1.807, 2.05) is 56.4 Å². The van der Waals surface area contributed by atoms with Crippen molar-refractivity contribution in [1.29, 1.82) is 0 Å². The predicted octanol–water partition coefficient (Wildman–Crippen LogP) is 4.96. The van der Waals surface area contributed by atoms with E-state index in [1.54, 1.807) is 19.3 Å². The third kappa shape index (κ3) is 4.18. The monoisotopic (exact) mass is 415 g/mol. The number of phenolic OH excluding ortho intramolecular Hbond substituents is 1. The van der Waals surface area contributed by atoms with E-state index < -0.39 is 0 Å². The number of fused-ring (bicyclic) bond motifs is 1. The van der Waals surface area contributed by atoms with Crippen LogP contribution in [-0.2, 0) is 13.1 Å². The molecule has 5 nitrogen and oxygen atoms in total. The van der Waals surface area contributed by atoms with Crippen molar-refractivity contribution in [3.63, 3.8) is 0 Å². The van der Waals surface area contributed by atoms with E-state index in [4.69, 9.17) is 9.47 Å². The molecule has 1 heterocycles. The second-order valence-corrected chi connectivity index (χ2v) is 7.73. The molecule has 0 aromatic heterocycles. The van der Waals surface area contributed by atoms with Crippen molar-refractivity contribution in [3.05, 3.63) is 94.2 Å². The highest BCUT2D eigenvalue weighted by Gasteiger charge is 2.33. The van der Waals surface area contributed by atoms with E-state index in [0.717, 1.165) is 5.56 Å². The van der Waals surface area contributed by atoms with Gasteiger partial charge in [0, 0.05) is 18.7 Å². The van der Waals surface area contributed by atoms with Crippen LogP contribution in [0.25, 0.3) is 6.08 Å². The van der Waals surface area contributed by atoms with Gasteiger partial charge in [0.25, 0.3) is 0 Å². The standard InChI is InChI=1S/C26H25NO4/c1-17-13-21(28)20(16-27(2)15-18-9-5-4-6-10-18)26-24(17)25(29)23(31-26)14-19-11-7-8-12-22(19)30-3/h4-14,28H,15-16H2,1-3H3/b23-14-. The fraction of sp³-hybridized carbons (Fsp3) is 0.192. The SMILES string of the molecule is COc1ccccc1/C=C1\Oc2c(CN(C)Cc3ccccc3)c(O)cc(C)c2C1=O. The summed E-state index contributed by atoms with van der Waals surface area (Å²) in [7, 11) is 3.56. The zero-order chi connectivity index (χ0) is 22.0. The Balaban J connectivity index is 1.67. The van der Waals surface area contributed by atoms with Gasteiger partial charge in [0.05, 0.1) is 18.2 Å². The van der Waals surface area contributed by atoms with Crippen molar-refractivity contribution >= 4 is 11.9 Å². The van der Waals surface area contributed by atoms with E-state index in [2.05, 4.69) is 17.0 Å². The van der Waals surface area contributed by atoms with Gasteiger partial charge in [0.15, 0.2) is 5.76 Å². The normalized spacial score (nSPS) is 14.1. The summed E-state index contributed by atoms with van der Waals surface area (Å²) in [6, 6.07) is 19.2. The molecule has 0 atom stereocenters. The maximum atomic E-state index is 13.1. The second-order valence-electron chi connectivity index (χ2n) is 7.73. The van der Waals surface area contributed by atoms with Crippen LogP contribution in [0.1, 0.15) is 32.6 Å². The van der Waals surface area contributed by atoms with Gasteiger partial charge < -0.3 is 14.6 Å². The molecule has 0 saturated heterocycles. The largest absolute Gasteiger partial charge is 0.507 e. The van der Waals surface area contributed by atoms with Crippen molar-refractivity contribution in [1.82, 2.24) is 4.90 Å². The highest BCUT2D eigenvalue weighted by atomic mass is 16.5. The fourth-order valence-electron chi connectivity index (χ4n) is 3.88. The second kappa shape index (κ2) is 8.66. The van der Waals surface area contributed by atoms with Crippen LogP contribution in [0.15, 0.2) is 66.4 Å². The number of carbonyl (C=O) groups excluding carboxylic acids is 1. The molecule has 4 rings (SSSR count). The third-order valence-corrected chi connectivity index (χ3v) is 5.37. The Morgan fingerprint density at radius 2 is 1.77 bits per heavy atom. The summed E-state index contributed by atoms with van der Waals surface area (Å²) >= 11 is 0. The first-order chi connectivity index (χ1) is 15.0. The van der Waals surface area contributed by atoms with Crippen molar-refractivity contribution in [2.24, 2.45) is 0 Å².